The molecule has 0 saturated carbocycles. The first-order valence-electron chi connectivity index (χ1n) is 13.3. The summed E-state index contributed by atoms with van der Waals surface area (Å²) in [6.07, 6.45) is -7.16. The Bertz CT molecular complexity index is 1430. The average molecular weight is 592 g/mol. The smallest absolute Gasteiger partial charge is 0.416 e. The summed E-state index contributed by atoms with van der Waals surface area (Å²) < 4.78 is 71.4. The Kier molecular flexibility index (Phi) is 8.46. The van der Waals surface area contributed by atoms with E-state index in [1.54, 1.807) is 44.0 Å². The van der Waals surface area contributed by atoms with Gasteiger partial charge in [-0.3, -0.25) is 10.00 Å². The van der Waals surface area contributed by atoms with Gasteiger partial charge in [-0.15, -0.1) is 13.2 Å². The van der Waals surface area contributed by atoms with Gasteiger partial charge in [0, 0.05) is 50.8 Å². The molecule has 2 aromatic carbocycles. The molecule has 0 radical (unpaired) electrons. The van der Waals surface area contributed by atoms with Crippen LogP contribution in [0.5, 0.6) is 5.75 Å². The summed E-state index contributed by atoms with van der Waals surface area (Å²) in [6, 6.07) is 11.2. The lowest BCUT2D eigenvalue weighted by molar-refractivity contribution is -0.288. The number of carbonyl (C=O) groups excluding carboxylic acids is 1. The van der Waals surface area contributed by atoms with Crippen LogP contribution >= 0.6 is 0 Å². The Balaban J connectivity index is 1.31. The number of hydrogen-bond donors (Lipinski definition) is 1. The topological polar surface area (TPSA) is 102 Å². The van der Waals surface area contributed by atoms with Crippen LogP contribution in [0.4, 0.5) is 23.7 Å². The van der Waals surface area contributed by atoms with Gasteiger partial charge < -0.3 is 28.4 Å². The molecule has 2 aliphatic rings. The van der Waals surface area contributed by atoms with E-state index < -0.39 is 43.2 Å². The summed E-state index contributed by atoms with van der Waals surface area (Å²) in [5.41, 5.74) is 5.75. The number of anilines is 1. The highest BCUT2D eigenvalue weighted by atomic mass is 19.4. The van der Waals surface area contributed by atoms with Gasteiger partial charge in [0.15, 0.2) is 0 Å². The number of fused-ring (bicyclic) bond motifs is 3. The minimum Gasteiger partial charge on any atom is -0.416 e. The van der Waals surface area contributed by atoms with Crippen LogP contribution in [0.2, 0.25) is 0 Å². The molecule has 0 bridgehead atoms. The standard InChI is InChI=1S/C29H32F3N3O7/c1-15-24(37-3)25(38-4)26(39-5)27(40-15)41-28(36)33-18-9-13-20-17(14-18)8-12-21-22(20)34-35(2)23(21)16-6-10-19(11-7-16)42-29(30,31)32/h6-7,9-11,13-15,24-27H,8,12H2,1-5H3,(H,33,36)/t15-,24-,25+,26+,27-/m0/s1. The summed E-state index contributed by atoms with van der Waals surface area (Å²) in [5.74, 6) is -0.286. The Morgan fingerprint density at radius 3 is 2.33 bits per heavy atom. The first-order valence-corrected chi connectivity index (χ1v) is 13.3. The van der Waals surface area contributed by atoms with Gasteiger partial charge in [0.25, 0.3) is 0 Å². The number of rotatable bonds is 7. The van der Waals surface area contributed by atoms with Gasteiger partial charge >= 0.3 is 12.5 Å². The maximum Gasteiger partial charge on any atom is 0.573 e. The van der Waals surface area contributed by atoms with Gasteiger partial charge in [-0.1, -0.05) is 6.07 Å². The third-order valence-electron chi connectivity index (χ3n) is 7.52. The van der Waals surface area contributed by atoms with Crippen LogP contribution in [-0.2, 0) is 43.6 Å². The number of aryl methyl sites for hydroxylation is 2. The van der Waals surface area contributed by atoms with Crippen molar-refractivity contribution in [3.8, 4) is 28.3 Å². The number of halogens is 3. The van der Waals surface area contributed by atoms with E-state index in [4.69, 9.17) is 28.8 Å². The number of carbonyl (C=O) groups is 1. The van der Waals surface area contributed by atoms with E-state index in [1.165, 1.54) is 26.4 Å². The van der Waals surface area contributed by atoms with E-state index in [1.807, 2.05) is 12.1 Å². The van der Waals surface area contributed by atoms with E-state index in [0.29, 0.717) is 18.5 Å². The summed E-state index contributed by atoms with van der Waals surface area (Å²) in [5, 5.41) is 7.47. The van der Waals surface area contributed by atoms with Crippen LogP contribution in [0.1, 0.15) is 18.1 Å². The zero-order valence-corrected chi connectivity index (χ0v) is 23.7. The van der Waals surface area contributed by atoms with Gasteiger partial charge in [0.1, 0.15) is 24.1 Å². The van der Waals surface area contributed by atoms with Gasteiger partial charge in [-0.05, 0) is 61.7 Å². The Labute approximate surface area is 240 Å². The number of nitrogens with zero attached hydrogens (tertiary/aromatic N) is 2. The van der Waals surface area contributed by atoms with Crippen molar-refractivity contribution in [2.75, 3.05) is 26.6 Å². The first-order chi connectivity index (χ1) is 20.0. The Hall–Kier alpha value is -3.65. The number of hydrogen-bond acceptors (Lipinski definition) is 8. The number of benzene rings is 2. The minimum absolute atomic E-state index is 0.286. The summed E-state index contributed by atoms with van der Waals surface area (Å²) >= 11 is 0. The maximum atomic E-state index is 12.8. The van der Waals surface area contributed by atoms with Crippen LogP contribution in [0, 0.1) is 0 Å². The van der Waals surface area contributed by atoms with Gasteiger partial charge in [-0.2, -0.15) is 5.10 Å². The normalized spacial score (nSPS) is 23.6. The number of nitrogens with one attached hydrogen (secondary N) is 1. The zero-order chi connectivity index (χ0) is 30.2. The second kappa shape index (κ2) is 11.9. The fraction of sp³-hybridized carbons (Fsp3) is 0.448. The molecule has 1 N–H and O–H groups in total. The van der Waals surface area contributed by atoms with Gasteiger partial charge in [0.2, 0.25) is 6.29 Å². The van der Waals surface area contributed by atoms with Crippen molar-refractivity contribution in [3.63, 3.8) is 0 Å². The lowest BCUT2D eigenvalue weighted by atomic mass is 9.87. The van der Waals surface area contributed by atoms with Gasteiger partial charge in [-0.25, -0.2) is 4.79 Å². The third-order valence-corrected chi connectivity index (χ3v) is 7.52. The number of ether oxygens (including phenoxy) is 6. The molecule has 10 nitrogen and oxygen atoms in total. The van der Waals surface area contributed by atoms with Crippen molar-refractivity contribution in [1.82, 2.24) is 9.78 Å². The summed E-state index contributed by atoms with van der Waals surface area (Å²) in [7, 11) is 6.36. The molecular weight excluding hydrogens is 559 g/mol. The van der Waals surface area contributed by atoms with Crippen LogP contribution < -0.4 is 10.1 Å². The molecule has 3 aromatic rings. The molecule has 1 aliphatic carbocycles. The highest BCUT2D eigenvalue weighted by Crippen LogP contribution is 2.40. The molecule has 0 spiro atoms. The molecule has 5 atom stereocenters. The van der Waals surface area contributed by atoms with Crippen molar-refractivity contribution in [2.45, 2.75) is 56.8 Å². The number of aromatic nitrogens is 2. The summed E-state index contributed by atoms with van der Waals surface area (Å²) in [4.78, 5) is 12.8. The lowest BCUT2D eigenvalue weighted by Crippen LogP contribution is -2.59. The van der Waals surface area contributed by atoms with E-state index in [0.717, 1.165) is 33.6 Å². The molecule has 1 aromatic heterocycles. The molecule has 1 fully saturated rings. The molecule has 1 amide bonds. The number of alkyl halides is 3. The molecular formula is C29H32F3N3O7. The minimum atomic E-state index is -4.75. The van der Waals surface area contributed by atoms with E-state index in [-0.39, 0.29) is 5.75 Å². The van der Waals surface area contributed by atoms with Gasteiger partial charge in [0.05, 0.1) is 17.5 Å². The Morgan fingerprint density at radius 2 is 1.69 bits per heavy atom. The maximum absolute atomic E-state index is 12.8. The molecule has 0 unspecified atom stereocenters. The first kappa shape index (κ1) is 29.8. The number of amides is 1. The van der Waals surface area contributed by atoms with Crippen molar-refractivity contribution >= 4 is 11.8 Å². The third kappa shape index (κ3) is 5.95. The molecule has 226 valence electrons. The summed E-state index contributed by atoms with van der Waals surface area (Å²) in [6.45, 7) is 1.80. The van der Waals surface area contributed by atoms with Crippen molar-refractivity contribution < 1.29 is 46.4 Å². The quantitative estimate of drug-likeness (QED) is 0.406. The highest BCUT2D eigenvalue weighted by molar-refractivity contribution is 5.86. The van der Waals surface area contributed by atoms with Crippen LogP contribution in [0.25, 0.3) is 22.5 Å². The highest BCUT2D eigenvalue weighted by Gasteiger charge is 2.47. The average Bonchev–Trinajstić information content (AvgIpc) is 3.28. The van der Waals surface area contributed by atoms with E-state index in [2.05, 4.69) is 10.1 Å². The molecule has 42 heavy (non-hydrogen) atoms. The molecule has 2 heterocycles. The zero-order valence-electron chi connectivity index (χ0n) is 23.7. The van der Waals surface area contributed by atoms with E-state index >= 15 is 0 Å². The second-order valence-electron chi connectivity index (χ2n) is 10.1. The monoisotopic (exact) mass is 591 g/mol. The fourth-order valence-electron chi connectivity index (χ4n) is 5.73. The SMILES string of the molecule is CO[C@@H]1[C@@H](OC)[C@H](C)O[C@@H](OC(=O)Nc2ccc3c(c2)CCc2c-3nn(C)c2-c2ccc(OC(F)(F)F)cc2)[C@@H]1OC. The van der Waals surface area contributed by atoms with Crippen LogP contribution in [0.15, 0.2) is 42.5 Å². The largest absolute Gasteiger partial charge is 0.573 e. The van der Waals surface area contributed by atoms with Crippen molar-refractivity contribution in [3.05, 3.63) is 53.6 Å². The van der Waals surface area contributed by atoms with Crippen LogP contribution in [0.3, 0.4) is 0 Å². The fourth-order valence-corrected chi connectivity index (χ4v) is 5.73. The molecule has 13 heteroatoms. The predicted octanol–water partition coefficient (Wildman–Crippen LogP) is 5.09. The van der Waals surface area contributed by atoms with Crippen LogP contribution in [-0.4, -0.2) is 74.3 Å². The predicted molar refractivity (Wildman–Crippen MR) is 145 cm³/mol. The molecule has 5 rings (SSSR count). The Morgan fingerprint density at radius 1 is 1.00 bits per heavy atom. The number of methoxy groups -OCH3 is 3. The van der Waals surface area contributed by atoms with E-state index in [9.17, 15) is 18.0 Å². The molecule has 1 saturated heterocycles. The molecule has 1 aliphatic heterocycles. The van der Waals surface area contributed by atoms with Crippen molar-refractivity contribution in [2.24, 2.45) is 7.05 Å². The lowest BCUT2D eigenvalue weighted by Gasteiger charge is -2.43. The van der Waals surface area contributed by atoms with Crippen molar-refractivity contribution in [1.29, 1.82) is 0 Å². The second-order valence-corrected chi connectivity index (χ2v) is 10.1.